The molecular formula is C15H30BrN. The highest BCUT2D eigenvalue weighted by atomic mass is 79.9. The normalized spacial score (nSPS) is 22.4. The van der Waals surface area contributed by atoms with Gasteiger partial charge in [0.15, 0.2) is 0 Å². The second-order valence-electron chi connectivity index (χ2n) is 6.63. The van der Waals surface area contributed by atoms with Crippen molar-refractivity contribution in [2.45, 2.75) is 59.8 Å². The zero-order chi connectivity index (χ0) is 12.9. The van der Waals surface area contributed by atoms with Gasteiger partial charge < -0.3 is 4.90 Å². The summed E-state index contributed by atoms with van der Waals surface area (Å²) >= 11 is 3.74. The molecule has 1 heterocycles. The zero-order valence-electron chi connectivity index (χ0n) is 12.2. The Morgan fingerprint density at radius 3 is 2.29 bits per heavy atom. The molecule has 17 heavy (non-hydrogen) atoms. The van der Waals surface area contributed by atoms with Gasteiger partial charge in [-0.1, -0.05) is 43.6 Å². The average Bonchev–Trinajstić information content (AvgIpc) is 2.48. The largest absolute Gasteiger partial charge is 0.303 e. The number of nitrogens with zero attached hydrogens (tertiary/aromatic N) is 1. The highest BCUT2D eigenvalue weighted by Gasteiger charge is 2.30. The minimum atomic E-state index is 0.495. The van der Waals surface area contributed by atoms with Gasteiger partial charge in [-0.2, -0.15) is 0 Å². The summed E-state index contributed by atoms with van der Waals surface area (Å²) in [4.78, 5) is 2.71. The third kappa shape index (κ3) is 4.55. The Morgan fingerprint density at radius 2 is 1.76 bits per heavy atom. The summed E-state index contributed by atoms with van der Waals surface area (Å²) in [6.45, 7) is 13.4. The predicted molar refractivity (Wildman–Crippen MR) is 80.9 cm³/mol. The first kappa shape index (κ1) is 15.5. The fourth-order valence-electron chi connectivity index (χ4n) is 2.82. The Hall–Kier alpha value is 0.440. The molecule has 0 bridgehead atoms. The lowest BCUT2D eigenvalue weighted by Gasteiger charge is -2.35. The molecule has 1 nitrogen and oxygen atoms in total. The predicted octanol–water partition coefficient (Wildman–Crippen LogP) is 4.70. The first-order valence-corrected chi connectivity index (χ1v) is 8.37. The molecule has 102 valence electrons. The van der Waals surface area contributed by atoms with Gasteiger partial charge in [-0.3, -0.25) is 0 Å². The van der Waals surface area contributed by atoms with Crippen LogP contribution in [0.1, 0.15) is 59.8 Å². The molecule has 0 aliphatic carbocycles. The summed E-state index contributed by atoms with van der Waals surface area (Å²) in [6, 6.07) is 0. The molecular weight excluding hydrogens is 274 g/mol. The second-order valence-corrected chi connectivity index (χ2v) is 7.20. The lowest BCUT2D eigenvalue weighted by molar-refractivity contribution is 0.158. The minimum Gasteiger partial charge on any atom is -0.303 e. The van der Waals surface area contributed by atoms with Crippen molar-refractivity contribution in [2.24, 2.45) is 10.8 Å². The van der Waals surface area contributed by atoms with E-state index in [0.717, 1.165) is 5.33 Å². The van der Waals surface area contributed by atoms with Crippen LogP contribution < -0.4 is 0 Å². The lowest BCUT2D eigenvalue weighted by Crippen LogP contribution is -2.39. The van der Waals surface area contributed by atoms with E-state index in [1.807, 2.05) is 0 Å². The van der Waals surface area contributed by atoms with Crippen molar-refractivity contribution in [3.05, 3.63) is 0 Å². The van der Waals surface area contributed by atoms with Gasteiger partial charge in [0.05, 0.1) is 0 Å². The van der Waals surface area contributed by atoms with Crippen LogP contribution in [0.5, 0.6) is 0 Å². The maximum absolute atomic E-state index is 3.74. The summed E-state index contributed by atoms with van der Waals surface area (Å²) in [5, 5.41) is 1.15. The van der Waals surface area contributed by atoms with Crippen LogP contribution in [0.3, 0.4) is 0 Å². The SMILES string of the molecule is CCC(CC)(CBr)CN1CCCC(C)(C)CC1. The summed E-state index contributed by atoms with van der Waals surface area (Å²) in [5.41, 5.74) is 1.05. The number of hydrogen-bond donors (Lipinski definition) is 0. The summed E-state index contributed by atoms with van der Waals surface area (Å²) in [6.07, 6.45) is 6.70. The van der Waals surface area contributed by atoms with Crippen molar-refractivity contribution >= 4 is 15.9 Å². The molecule has 1 saturated heterocycles. The first-order chi connectivity index (χ1) is 7.97. The Bertz CT molecular complexity index is 213. The van der Waals surface area contributed by atoms with Crippen molar-refractivity contribution in [3.8, 4) is 0 Å². The van der Waals surface area contributed by atoms with E-state index in [-0.39, 0.29) is 0 Å². The van der Waals surface area contributed by atoms with Crippen molar-refractivity contribution in [1.82, 2.24) is 4.90 Å². The number of likely N-dealkylation sites (tertiary alicyclic amines) is 1. The van der Waals surface area contributed by atoms with Gasteiger partial charge >= 0.3 is 0 Å². The van der Waals surface area contributed by atoms with Gasteiger partial charge in [-0.25, -0.2) is 0 Å². The van der Waals surface area contributed by atoms with Gasteiger partial charge in [0, 0.05) is 11.9 Å². The maximum atomic E-state index is 3.74. The van der Waals surface area contributed by atoms with Crippen LogP contribution in [-0.4, -0.2) is 29.9 Å². The molecule has 0 saturated carbocycles. The van der Waals surface area contributed by atoms with Gasteiger partial charge in [0.25, 0.3) is 0 Å². The number of hydrogen-bond acceptors (Lipinski definition) is 1. The monoisotopic (exact) mass is 303 g/mol. The van der Waals surface area contributed by atoms with E-state index in [2.05, 4.69) is 48.5 Å². The molecule has 0 spiro atoms. The topological polar surface area (TPSA) is 3.24 Å². The van der Waals surface area contributed by atoms with E-state index in [4.69, 9.17) is 0 Å². The lowest BCUT2D eigenvalue weighted by atomic mass is 9.83. The van der Waals surface area contributed by atoms with E-state index >= 15 is 0 Å². The summed E-state index contributed by atoms with van der Waals surface area (Å²) < 4.78 is 0. The molecule has 1 fully saturated rings. The maximum Gasteiger partial charge on any atom is 0.01000 e. The molecule has 0 amide bonds. The number of alkyl halides is 1. The van der Waals surface area contributed by atoms with Crippen molar-refractivity contribution < 1.29 is 0 Å². The molecule has 0 aromatic rings. The Kier molecular flexibility index (Phi) is 5.98. The van der Waals surface area contributed by atoms with E-state index in [9.17, 15) is 0 Å². The van der Waals surface area contributed by atoms with Gasteiger partial charge in [0.1, 0.15) is 0 Å². The minimum absolute atomic E-state index is 0.495. The molecule has 2 heteroatoms. The molecule has 0 aromatic heterocycles. The van der Waals surface area contributed by atoms with Crippen molar-refractivity contribution in [1.29, 1.82) is 0 Å². The quantitative estimate of drug-likeness (QED) is 0.665. The summed E-state index contributed by atoms with van der Waals surface area (Å²) in [5.74, 6) is 0. The number of rotatable bonds is 5. The Balaban J connectivity index is 2.56. The van der Waals surface area contributed by atoms with Gasteiger partial charge in [-0.15, -0.1) is 0 Å². The molecule has 0 unspecified atom stereocenters. The van der Waals surface area contributed by atoms with Crippen LogP contribution in [-0.2, 0) is 0 Å². The van der Waals surface area contributed by atoms with Crippen LogP contribution in [0, 0.1) is 10.8 Å². The van der Waals surface area contributed by atoms with Crippen LogP contribution >= 0.6 is 15.9 Å². The van der Waals surface area contributed by atoms with Crippen LogP contribution in [0.15, 0.2) is 0 Å². The summed E-state index contributed by atoms with van der Waals surface area (Å²) in [7, 11) is 0. The van der Waals surface area contributed by atoms with E-state index in [0.29, 0.717) is 10.8 Å². The fourth-order valence-corrected chi connectivity index (χ4v) is 3.79. The molecule has 0 atom stereocenters. The van der Waals surface area contributed by atoms with Crippen LogP contribution in [0.4, 0.5) is 0 Å². The average molecular weight is 304 g/mol. The fraction of sp³-hybridized carbons (Fsp3) is 1.00. The van der Waals surface area contributed by atoms with Crippen molar-refractivity contribution in [2.75, 3.05) is 25.0 Å². The Morgan fingerprint density at radius 1 is 1.12 bits per heavy atom. The molecule has 0 aromatic carbocycles. The molecule has 1 aliphatic rings. The molecule has 0 radical (unpaired) electrons. The van der Waals surface area contributed by atoms with Crippen LogP contribution in [0.25, 0.3) is 0 Å². The van der Waals surface area contributed by atoms with Crippen LogP contribution in [0.2, 0.25) is 0 Å². The number of halogens is 1. The first-order valence-electron chi connectivity index (χ1n) is 7.25. The van der Waals surface area contributed by atoms with Gasteiger partial charge in [-0.05, 0) is 56.0 Å². The van der Waals surface area contributed by atoms with Gasteiger partial charge in [0.2, 0.25) is 0 Å². The third-order valence-corrected chi connectivity index (χ3v) is 5.96. The van der Waals surface area contributed by atoms with E-state index in [1.54, 1.807) is 0 Å². The molecule has 1 aliphatic heterocycles. The smallest absolute Gasteiger partial charge is 0.01000 e. The highest BCUT2D eigenvalue weighted by molar-refractivity contribution is 9.09. The van der Waals surface area contributed by atoms with E-state index in [1.165, 1.54) is 51.7 Å². The third-order valence-electron chi connectivity index (χ3n) is 4.78. The highest BCUT2D eigenvalue weighted by Crippen LogP contribution is 2.34. The van der Waals surface area contributed by atoms with E-state index < -0.39 is 0 Å². The standard InChI is InChI=1S/C15H30BrN/c1-5-15(6-2,12-16)13-17-10-7-8-14(3,4)9-11-17/h5-13H2,1-4H3. The molecule has 0 N–H and O–H groups in total. The van der Waals surface area contributed by atoms with Crippen molar-refractivity contribution in [3.63, 3.8) is 0 Å². The second kappa shape index (κ2) is 6.56. The molecule has 1 rings (SSSR count). The zero-order valence-corrected chi connectivity index (χ0v) is 13.8. The Labute approximate surface area is 116 Å².